The fraction of sp³-hybridized carbons (Fsp3) is 0.562. The first kappa shape index (κ1) is 13.3. The van der Waals surface area contributed by atoms with Crippen LogP contribution >= 0.6 is 0 Å². The van der Waals surface area contributed by atoms with Crippen molar-refractivity contribution in [2.24, 2.45) is 5.41 Å². The molecule has 1 fully saturated rings. The maximum atomic E-state index is 11.5. The standard InChI is InChI=1S/C16H23N3O/c1-16(2)6-3-7-19(10-16)14-9-13-11(8-12(14)17)4-5-15(20)18-13/h8-9H,3-7,10,17H2,1-2H3,(H,18,20). The first-order valence-electron chi connectivity index (χ1n) is 7.42. The van der Waals surface area contributed by atoms with Gasteiger partial charge in [-0.1, -0.05) is 13.8 Å². The second-order valence-corrected chi connectivity index (χ2v) is 6.81. The van der Waals surface area contributed by atoms with Gasteiger partial charge in [-0.15, -0.1) is 0 Å². The van der Waals surface area contributed by atoms with Crippen LogP contribution in [-0.2, 0) is 11.2 Å². The highest BCUT2D eigenvalue weighted by Gasteiger charge is 2.28. The molecule has 0 atom stereocenters. The summed E-state index contributed by atoms with van der Waals surface area (Å²) in [7, 11) is 0. The number of nitrogens with two attached hydrogens (primary N) is 1. The second kappa shape index (κ2) is 4.69. The van der Waals surface area contributed by atoms with Crippen molar-refractivity contribution in [2.45, 2.75) is 39.5 Å². The SMILES string of the molecule is CC1(C)CCCN(c2cc3c(cc2N)CCC(=O)N3)C1. The Kier molecular flexibility index (Phi) is 3.11. The van der Waals surface area contributed by atoms with Gasteiger partial charge in [0.05, 0.1) is 11.4 Å². The number of fused-ring (bicyclic) bond motifs is 1. The van der Waals surface area contributed by atoms with Crippen molar-refractivity contribution in [3.63, 3.8) is 0 Å². The van der Waals surface area contributed by atoms with Crippen molar-refractivity contribution in [2.75, 3.05) is 29.0 Å². The van der Waals surface area contributed by atoms with Crippen LogP contribution in [0.15, 0.2) is 12.1 Å². The number of nitrogens with zero attached hydrogens (tertiary/aromatic N) is 1. The Balaban J connectivity index is 1.93. The molecule has 2 aliphatic rings. The quantitative estimate of drug-likeness (QED) is 0.774. The number of rotatable bonds is 1. The molecule has 1 saturated heterocycles. The minimum atomic E-state index is 0.104. The Morgan fingerprint density at radius 2 is 2.10 bits per heavy atom. The van der Waals surface area contributed by atoms with Gasteiger partial charge < -0.3 is 16.0 Å². The van der Waals surface area contributed by atoms with Gasteiger partial charge in [-0.25, -0.2) is 0 Å². The molecule has 0 aliphatic carbocycles. The Hall–Kier alpha value is -1.71. The van der Waals surface area contributed by atoms with Crippen molar-refractivity contribution >= 4 is 23.0 Å². The first-order valence-corrected chi connectivity index (χ1v) is 7.42. The molecule has 1 aromatic rings. The fourth-order valence-corrected chi connectivity index (χ4v) is 3.34. The van der Waals surface area contributed by atoms with E-state index in [0.29, 0.717) is 11.8 Å². The molecule has 0 spiro atoms. The summed E-state index contributed by atoms with van der Waals surface area (Å²) in [6.45, 7) is 6.66. The summed E-state index contributed by atoms with van der Waals surface area (Å²) < 4.78 is 0. The molecule has 4 heteroatoms. The minimum absolute atomic E-state index is 0.104. The zero-order chi connectivity index (χ0) is 14.3. The lowest BCUT2D eigenvalue weighted by Crippen LogP contribution is -2.40. The van der Waals surface area contributed by atoms with Crippen molar-refractivity contribution < 1.29 is 4.79 Å². The predicted molar refractivity (Wildman–Crippen MR) is 83.0 cm³/mol. The van der Waals surface area contributed by atoms with Gasteiger partial charge in [-0.2, -0.15) is 0 Å². The summed E-state index contributed by atoms with van der Waals surface area (Å²) in [4.78, 5) is 13.9. The summed E-state index contributed by atoms with van der Waals surface area (Å²) in [6, 6.07) is 4.09. The summed E-state index contributed by atoms with van der Waals surface area (Å²) >= 11 is 0. The predicted octanol–water partition coefficient (Wildman–Crippen LogP) is 2.78. The van der Waals surface area contributed by atoms with E-state index in [-0.39, 0.29) is 5.91 Å². The second-order valence-electron chi connectivity index (χ2n) is 6.81. The zero-order valence-electron chi connectivity index (χ0n) is 12.3. The average Bonchev–Trinajstić information content (AvgIpc) is 2.37. The maximum absolute atomic E-state index is 11.5. The lowest BCUT2D eigenvalue weighted by molar-refractivity contribution is -0.116. The molecule has 1 aromatic carbocycles. The van der Waals surface area contributed by atoms with Crippen LogP contribution in [0.5, 0.6) is 0 Å². The van der Waals surface area contributed by atoms with Gasteiger partial charge in [-0.05, 0) is 42.4 Å². The van der Waals surface area contributed by atoms with Gasteiger partial charge >= 0.3 is 0 Å². The number of amides is 1. The summed E-state index contributed by atoms with van der Waals surface area (Å²) in [5.74, 6) is 0.104. The van der Waals surface area contributed by atoms with Crippen LogP contribution in [0.2, 0.25) is 0 Å². The van der Waals surface area contributed by atoms with Gasteiger partial charge in [0.15, 0.2) is 0 Å². The molecule has 0 saturated carbocycles. The molecule has 3 N–H and O–H groups in total. The summed E-state index contributed by atoms with van der Waals surface area (Å²) in [5.41, 5.74) is 10.6. The summed E-state index contributed by atoms with van der Waals surface area (Å²) in [5, 5.41) is 2.97. The van der Waals surface area contributed by atoms with E-state index in [0.717, 1.165) is 42.1 Å². The zero-order valence-corrected chi connectivity index (χ0v) is 12.3. The van der Waals surface area contributed by atoms with Gasteiger partial charge in [0.1, 0.15) is 0 Å². The molecule has 2 aliphatic heterocycles. The van der Waals surface area contributed by atoms with E-state index in [1.807, 2.05) is 6.07 Å². The van der Waals surface area contributed by atoms with Crippen LogP contribution in [0.3, 0.4) is 0 Å². The Labute approximate surface area is 120 Å². The van der Waals surface area contributed by atoms with Crippen LogP contribution in [0.25, 0.3) is 0 Å². The normalized spacial score (nSPS) is 21.3. The number of nitrogen functional groups attached to an aromatic ring is 1. The number of piperidine rings is 1. The van der Waals surface area contributed by atoms with E-state index >= 15 is 0 Å². The van der Waals surface area contributed by atoms with E-state index in [1.54, 1.807) is 0 Å². The van der Waals surface area contributed by atoms with Gasteiger partial charge in [0.2, 0.25) is 5.91 Å². The monoisotopic (exact) mass is 273 g/mol. The van der Waals surface area contributed by atoms with Gasteiger partial charge in [-0.3, -0.25) is 4.79 Å². The topological polar surface area (TPSA) is 58.4 Å². The third kappa shape index (κ3) is 2.47. The number of benzene rings is 1. The molecule has 1 amide bonds. The van der Waals surface area contributed by atoms with Gasteiger partial charge in [0.25, 0.3) is 0 Å². The van der Waals surface area contributed by atoms with Gasteiger partial charge in [0, 0.05) is 25.2 Å². The third-order valence-corrected chi connectivity index (χ3v) is 4.39. The van der Waals surface area contributed by atoms with E-state index in [2.05, 4.69) is 30.1 Å². The number of carbonyl (C=O) groups is 1. The highest BCUT2D eigenvalue weighted by atomic mass is 16.1. The fourth-order valence-electron chi connectivity index (χ4n) is 3.34. The number of anilines is 3. The molecule has 108 valence electrons. The maximum Gasteiger partial charge on any atom is 0.224 e. The molecule has 20 heavy (non-hydrogen) atoms. The van der Waals surface area contributed by atoms with Crippen LogP contribution < -0.4 is 16.0 Å². The molecule has 0 aromatic heterocycles. The molecular formula is C16H23N3O. The lowest BCUT2D eigenvalue weighted by atomic mass is 9.84. The van der Waals surface area contributed by atoms with Crippen LogP contribution in [0, 0.1) is 5.41 Å². The highest BCUT2D eigenvalue weighted by Crippen LogP contribution is 2.37. The van der Waals surface area contributed by atoms with Crippen molar-refractivity contribution in [1.29, 1.82) is 0 Å². The number of hydrogen-bond acceptors (Lipinski definition) is 3. The largest absolute Gasteiger partial charge is 0.397 e. The summed E-state index contributed by atoms with van der Waals surface area (Å²) in [6.07, 6.45) is 3.79. The number of nitrogens with one attached hydrogen (secondary N) is 1. The Morgan fingerprint density at radius 1 is 1.30 bits per heavy atom. The van der Waals surface area contributed by atoms with Crippen LogP contribution in [-0.4, -0.2) is 19.0 Å². The first-order chi connectivity index (χ1) is 9.44. The van der Waals surface area contributed by atoms with Crippen LogP contribution in [0.1, 0.15) is 38.7 Å². The molecule has 0 unspecified atom stereocenters. The van der Waals surface area contributed by atoms with E-state index < -0.39 is 0 Å². The smallest absolute Gasteiger partial charge is 0.224 e. The van der Waals surface area contributed by atoms with E-state index in [1.165, 1.54) is 12.8 Å². The average molecular weight is 273 g/mol. The van der Waals surface area contributed by atoms with Crippen molar-refractivity contribution in [3.05, 3.63) is 17.7 Å². The Bertz CT molecular complexity index is 551. The molecular weight excluding hydrogens is 250 g/mol. The van der Waals surface area contributed by atoms with E-state index in [4.69, 9.17) is 5.73 Å². The van der Waals surface area contributed by atoms with E-state index in [9.17, 15) is 4.79 Å². The lowest BCUT2D eigenvalue weighted by Gasteiger charge is -2.40. The molecule has 0 bridgehead atoms. The highest BCUT2D eigenvalue weighted by molar-refractivity contribution is 5.95. The molecule has 0 radical (unpaired) electrons. The molecule has 3 rings (SSSR count). The third-order valence-electron chi connectivity index (χ3n) is 4.39. The number of aryl methyl sites for hydroxylation is 1. The molecule has 4 nitrogen and oxygen atoms in total. The molecule has 2 heterocycles. The Morgan fingerprint density at radius 3 is 2.85 bits per heavy atom. The number of hydrogen-bond donors (Lipinski definition) is 2. The van der Waals surface area contributed by atoms with Crippen molar-refractivity contribution in [1.82, 2.24) is 0 Å². The van der Waals surface area contributed by atoms with Crippen molar-refractivity contribution in [3.8, 4) is 0 Å². The minimum Gasteiger partial charge on any atom is -0.397 e. The van der Waals surface area contributed by atoms with Crippen LogP contribution in [0.4, 0.5) is 17.1 Å². The number of carbonyl (C=O) groups excluding carboxylic acids is 1.